The molecule has 0 unspecified atom stereocenters. The highest BCUT2D eigenvalue weighted by Crippen LogP contribution is 2.57. The minimum atomic E-state index is -1.04. The van der Waals surface area contributed by atoms with Crippen LogP contribution in [0.4, 0.5) is 0 Å². The van der Waals surface area contributed by atoms with Crippen molar-refractivity contribution in [2.75, 3.05) is 18.5 Å². The molecule has 1 aliphatic rings. The average molecular weight is 352 g/mol. The van der Waals surface area contributed by atoms with Crippen molar-refractivity contribution in [3.05, 3.63) is 0 Å². The van der Waals surface area contributed by atoms with E-state index in [2.05, 4.69) is 22.6 Å². The number of halogens is 1. The molecular weight excluding hydrogens is 333 g/mol. The van der Waals surface area contributed by atoms with Gasteiger partial charge in [-0.05, 0) is 18.3 Å². The summed E-state index contributed by atoms with van der Waals surface area (Å²) in [6.07, 6.45) is 1.14. The molecule has 1 rings (SSSR count). The molecular formula is C12H19INO3-. The van der Waals surface area contributed by atoms with Crippen molar-refractivity contribution in [2.24, 2.45) is 16.7 Å². The van der Waals surface area contributed by atoms with Crippen LogP contribution in [0.1, 0.15) is 26.7 Å². The van der Waals surface area contributed by atoms with E-state index >= 15 is 0 Å². The monoisotopic (exact) mass is 352 g/mol. The molecule has 0 saturated heterocycles. The molecule has 98 valence electrons. The average Bonchev–Trinajstić information content (AvgIpc) is 2.53. The summed E-state index contributed by atoms with van der Waals surface area (Å²) in [5.41, 5.74) is -1.45. The van der Waals surface area contributed by atoms with Crippen LogP contribution in [0.2, 0.25) is 0 Å². The molecule has 0 bridgehead atoms. The lowest BCUT2D eigenvalue weighted by molar-refractivity contribution is -0.322. The van der Waals surface area contributed by atoms with Gasteiger partial charge >= 0.3 is 0 Å². The highest BCUT2D eigenvalue weighted by atomic mass is 127. The van der Waals surface area contributed by atoms with Crippen molar-refractivity contribution in [2.45, 2.75) is 26.7 Å². The SMILES string of the molecule is CN(C)C(=O)[C@@H]1CC[C@](C)(C(=O)[O-])[C@]1(C)CI. The normalized spacial score (nSPS) is 36.9. The van der Waals surface area contributed by atoms with Gasteiger partial charge < -0.3 is 14.8 Å². The number of aliphatic carboxylic acids is 1. The minimum absolute atomic E-state index is 0.0224. The Morgan fingerprint density at radius 3 is 2.29 bits per heavy atom. The van der Waals surface area contributed by atoms with Gasteiger partial charge in [-0.3, -0.25) is 4.79 Å². The second-order valence-electron chi connectivity index (χ2n) is 5.49. The third kappa shape index (κ3) is 2.06. The number of alkyl halides is 1. The molecule has 5 heteroatoms. The van der Waals surface area contributed by atoms with E-state index in [4.69, 9.17) is 0 Å². The Labute approximate surface area is 116 Å². The van der Waals surface area contributed by atoms with Crippen molar-refractivity contribution in [1.29, 1.82) is 0 Å². The smallest absolute Gasteiger partial charge is 0.225 e. The predicted octanol–water partition coefficient (Wildman–Crippen LogP) is 0.682. The summed E-state index contributed by atoms with van der Waals surface area (Å²) in [7, 11) is 3.43. The second kappa shape index (κ2) is 4.74. The molecule has 1 fully saturated rings. The fourth-order valence-electron chi connectivity index (χ4n) is 2.71. The van der Waals surface area contributed by atoms with E-state index in [9.17, 15) is 14.7 Å². The van der Waals surface area contributed by atoms with Gasteiger partial charge in [0.15, 0.2) is 0 Å². The van der Waals surface area contributed by atoms with Crippen molar-refractivity contribution in [1.82, 2.24) is 4.90 Å². The molecule has 4 nitrogen and oxygen atoms in total. The van der Waals surface area contributed by atoms with Gasteiger partial charge in [0.2, 0.25) is 5.91 Å². The molecule has 3 atom stereocenters. The van der Waals surface area contributed by atoms with Crippen LogP contribution < -0.4 is 5.11 Å². The molecule has 1 aliphatic carbocycles. The Hall–Kier alpha value is -0.330. The predicted molar refractivity (Wildman–Crippen MR) is 71.5 cm³/mol. The van der Waals surface area contributed by atoms with Crippen molar-refractivity contribution in [3.63, 3.8) is 0 Å². The highest BCUT2D eigenvalue weighted by Gasteiger charge is 2.57. The number of rotatable bonds is 3. The van der Waals surface area contributed by atoms with E-state index in [0.29, 0.717) is 17.3 Å². The van der Waals surface area contributed by atoms with Crippen LogP contribution in [-0.4, -0.2) is 35.3 Å². The summed E-state index contributed by atoms with van der Waals surface area (Å²) in [6, 6.07) is 0. The van der Waals surface area contributed by atoms with Gasteiger partial charge in [-0.15, -0.1) is 0 Å². The maximum absolute atomic E-state index is 12.1. The molecule has 0 aromatic heterocycles. The molecule has 0 spiro atoms. The quantitative estimate of drug-likeness (QED) is 0.555. The molecule has 0 heterocycles. The third-order valence-electron chi connectivity index (χ3n) is 4.43. The van der Waals surface area contributed by atoms with E-state index in [1.165, 1.54) is 0 Å². The molecule has 1 amide bonds. The van der Waals surface area contributed by atoms with Crippen LogP contribution >= 0.6 is 22.6 Å². The number of carbonyl (C=O) groups is 2. The summed E-state index contributed by atoms with van der Waals surface area (Å²) in [5.74, 6) is -1.24. The van der Waals surface area contributed by atoms with Crippen LogP contribution in [0.15, 0.2) is 0 Å². The Balaban J connectivity index is 3.15. The standard InChI is InChI=1S/C12H20INO3/c1-11(10(16)17)6-5-8(9(15)14(3)4)12(11,2)7-13/h8H,5-7H2,1-4H3,(H,16,17)/p-1/t8-,11+,12+/m0/s1. The number of nitrogens with zero attached hydrogens (tertiary/aromatic N) is 1. The van der Waals surface area contributed by atoms with Crippen molar-refractivity contribution < 1.29 is 14.7 Å². The van der Waals surface area contributed by atoms with Gasteiger partial charge in [0, 0.05) is 35.8 Å². The molecule has 0 N–H and O–H groups in total. The van der Waals surface area contributed by atoms with Crippen LogP contribution in [-0.2, 0) is 9.59 Å². The number of hydrogen-bond acceptors (Lipinski definition) is 3. The zero-order valence-corrected chi connectivity index (χ0v) is 12.9. The molecule has 0 radical (unpaired) electrons. The van der Waals surface area contributed by atoms with E-state index in [1.54, 1.807) is 25.9 Å². The van der Waals surface area contributed by atoms with Crippen LogP contribution in [0.5, 0.6) is 0 Å². The van der Waals surface area contributed by atoms with E-state index < -0.39 is 16.8 Å². The van der Waals surface area contributed by atoms with Crippen molar-refractivity contribution >= 4 is 34.5 Å². The molecule has 0 aromatic rings. The van der Waals surface area contributed by atoms with E-state index in [1.807, 2.05) is 6.92 Å². The lowest BCUT2D eigenvalue weighted by Gasteiger charge is -2.44. The molecule has 1 saturated carbocycles. The van der Waals surface area contributed by atoms with Crippen LogP contribution in [0, 0.1) is 16.7 Å². The van der Waals surface area contributed by atoms with Gasteiger partial charge in [-0.2, -0.15) is 0 Å². The topological polar surface area (TPSA) is 60.4 Å². The summed E-state index contributed by atoms with van der Waals surface area (Å²) >= 11 is 2.17. The zero-order valence-electron chi connectivity index (χ0n) is 10.7. The minimum Gasteiger partial charge on any atom is -0.550 e. The van der Waals surface area contributed by atoms with Crippen LogP contribution in [0.25, 0.3) is 0 Å². The van der Waals surface area contributed by atoms with E-state index in [-0.39, 0.29) is 11.8 Å². The Morgan fingerprint density at radius 2 is 1.94 bits per heavy atom. The zero-order chi connectivity index (χ0) is 13.4. The summed E-state index contributed by atoms with van der Waals surface area (Å²) in [5, 5.41) is 11.4. The van der Waals surface area contributed by atoms with Gasteiger partial charge in [-0.1, -0.05) is 36.4 Å². The number of hydrogen-bond donors (Lipinski definition) is 0. The summed E-state index contributed by atoms with van der Waals surface area (Å²) in [6.45, 7) is 3.61. The van der Waals surface area contributed by atoms with Crippen LogP contribution in [0.3, 0.4) is 0 Å². The maximum atomic E-state index is 12.1. The Bertz CT molecular complexity index is 345. The van der Waals surface area contributed by atoms with Gasteiger partial charge in [0.1, 0.15) is 0 Å². The summed E-state index contributed by atoms with van der Waals surface area (Å²) < 4.78 is 0.638. The first kappa shape index (κ1) is 14.7. The second-order valence-corrected chi connectivity index (χ2v) is 6.26. The van der Waals surface area contributed by atoms with Gasteiger partial charge in [0.25, 0.3) is 0 Å². The number of carboxylic acids is 1. The highest BCUT2D eigenvalue weighted by molar-refractivity contribution is 14.1. The summed E-state index contributed by atoms with van der Waals surface area (Å²) in [4.78, 5) is 25.1. The van der Waals surface area contributed by atoms with Gasteiger partial charge in [0.05, 0.1) is 0 Å². The maximum Gasteiger partial charge on any atom is 0.225 e. The first-order chi connectivity index (χ1) is 7.70. The lowest BCUT2D eigenvalue weighted by Crippen LogP contribution is -2.52. The van der Waals surface area contributed by atoms with E-state index in [0.717, 1.165) is 0 Å². The van der Waals surface area contributed by atoms with Gasteiger partial charge in [-0.25, -0.2) is 0 Å². The Kier molecular flexibility index (Phi) is 4.11. The van der Waals surface area contributed by atoms with Crippen molar-refractivity contribution in [3.8, 4) is 0 Å². The number of carbonyl (C=O) groups excluding carboxylic acids is 2. The fourth-order valence-corrected chi connectivity index (χ4v) is 4.08. The number of carboxylic acid groups (broad SMARTS) is 1. The Morgan fingerprint density at radius 1 is 1.41 bits per heavy atom. The molecule has 0 aliphatic heterocycles. The first-order valence-corrected chi connectivity index (χ1v) is 7.22. The lowest BCUT2D eigenvalue weighted by atomic mass is 9.65. The molecule has 17 heavy (non-hydrogen) atoms. The number of amides is 1. The third-order valence-corrected chi connectivity index (χ3v) is 6.01. The fraction of sp³-hybridized carbons (Fsp3) is 0.833. The largest absolute Gasteiger partial charge is 0.550 e. The first-order valence-electron chi connectivity index (χ1n) is 5.69. The molecule has 0 aromatic carbocycles.